The summed E-state index contributed by atoms with van der Waals surface area (Å²) in [5.74, 6) is 0. The number of aliphatic hydroxyl groups is 1. The molecule has 0 spiro atoms. The van der Waals surface area contributed by atoms with E-state index in [1.165, 1.54) is 0 Å². The highest BCUT2D eigenvalue weighted by atomic mass is 16.3. The molecule has 0 bridgehead atoms. The highest BCUT2D eigenvalue weighted by Gasteiger charge is 2.15. The Morgan fingerprint density at radius 2 is 1.57 bits per heavy atom. The summed E-state index contributed by atoms with van der Waals surface area (Å²) in [6, 6.07) is 5.50. The fraction of sp³-hybridized carbons (Fsp3) is 0.583. The van der Waals surface area contributed by atoms with Crippen molar-refractivity contribution in [3.05, 3.63) is 30.1 Å². The molecule has 0 radical (unpaired) electrons. The number of hydrogen-bond acceptors (Lipinski definition) is 2. The molecular formula is C12H23NO. The van der Waals surface area contributed by atoms with E-state index in [2.05, 4.69) is 4.98 Å². The largest absolute Gasteiger partial charge is 0.384 e. The van der Waals surface area contributed by atoms with Crippen LogP contribution in [0.25, 0.3) is 0 Å². The zero-order chi connectivity index (χ0) is 11.6. The van der Waals surface area contributed by atoms with Crippen LogP contribution in [0.5, 0.6) is 0 Å². The smallest absolute Gasteiger partial charge is 0.101 e. The summed E-state index contributed by atoms with van der Waals surface area (Å²) in [4.78, 5) is 4.00. The van der Waals surface area contributed by atoms with Gasteiger partial charge in [0.2, 0.25) is 0 Å². The molecule has 2 heteroatoms. The van der Waals surface area contributed by atoms with Crippen LogP contribution in [0.2, 0.25) is 0 Å². The Kier molecular flexibility index (Phi) is 9.68. The summed E-state index contributed by atoms with van der Waals surface area (Å²) in [7, 11) is 0. The van der Waals surface area contributed by atoms with E-state index in [-0.39, 0.29) is 0 Å². The molecule has 1 aromatic rings. The molecule has 1 rings (SSSR count). The van der Waals surface area contributed by atoms with E-state index in [1.807, 2.05) is 39.8 Å². The van der Waals surface area contributed by atoms with Crippen molar-refractivity contribution in [1.82, 2.24) is 4.98 Å². The quantitative estimate of drug-likeness (QED) is 0.749. The van der Waals surface area contributed by atoms with E-state index in [0.29, 0.717) is 5.69 Å². The maximum Gasteiger partial charge on any atom is 0.101 e. The number of hydrogen-bond donors (Lipinski definition) is 1. The molecule has 0 aliphatic rings. The summed E-state index contributed by atoms with van der Waals surface area (Å²) in [6.07, 6.45) is 1.67. The van der Waals surface area contributed by atoms with Crippen LogP contribution >= 0.6 is 0 Å². The Labute approximate surface area is 88.0 Å². The lowest BCUT2D eigenvalue weighted by atomic mass is 10.1. The zero-order valence-electron chi connectivity index (χ0n) is 10.2. The summed E-state index contributed by atoms with van der Waals surface area (Å²) in [5.41, 5.74) is -0.114. The van der Waals surface area contributed by atoms with Gasteiger partial charge in [-0.25, -0.2) is 0 Å². The summed E-state index contributed by atoms with van der Waals surface area (Å²) >= 11 is 0. The average Bonchev–Trinajstić information content (AvgIpc) is 2.24. The van der Waals surface area contributed by atoms with Crippen molar-refractivity contribution in [1.29, 1.82) is 0 Å². The molecule has 14 heavy (non-hydrogen) atoms. The Morgan fingerprint density at radius 1 is 1.07 bits per heavy atom. The van der Waals surface area contributed by atoms with Crippen molar-refractivity contribution in [2.24, 2.45) is 0 Å². The van der Waals surface area contributed by atoms with Crippen LogP contribution in [-0.4, -0.2) is 10.1 Å². The molecule has 1 N–H and O–H groups in total. The van der Waals surface area contributed by atoms with E-state index >= 15 is 0 Å². The molecule has 0 amide bonds. The number of rotatable bonds is 1. The Morgan fingerprint density at radius 3 is 1.79 bits per heavy atom. The average molecular weight is 197 g/mol. The summed E-state index contributed by atoms with van der Waals surface area (Å²) in [5, 5.41) is 9.43. The van der Waals surface area contributed by atoms with Gasteiger partial charge in [0.15, 0.2) is 0 Å². The minimum Gasteiger partial charge on any atom is -0.384 e. The van der Waals surface area contributed by atoms with E-state index in [4.69, 9.17) is 0 Å². The van der Waals surface area contributed by atoms with Crippen LogP contribution in [0.3, 0.4) is 0 Å². The fourth-order valence-corrected chi connectivity index (χ4v) is 0.725. The molecule has 1 aromatic heterocycles. The van der Waals surface area contributed by atoms with E-state index in [9.17, 15) is 5.11 Å². The predicted molar refractivity (Wildman–Crippen MR) is 62.2 cm³/mol. The van der Waals surface area contributed by atoms with Gasteiger partial charge in [-0.1, -0.05) is 33.8 Å². The second-order valence-corrected chi connectivity index (χ2v) is 2.77. The van der Waals surface area contributed by atoms with Gasteiger partial charge < -0.3 is 5.11 Å². The molecule has 82 valence electrons. The third kappa shape index (κ3) is 6.61. The van der Waals surface area contributed by atoms with Gasteiger partial charge in [0.05, 0.1) is 5.69 Å². The maximum absolute atomic E-state index is 9.43. The fourth-order valence-electron chi connectivity index (χ4n) is 0.725. The van der Waals surface area contributed by atoms with Crippen LogP contribution in [0.4, 0.5) is 0 Å². The van der Waals surface area contributed by atoms with Gasteiger partial charge in [0.1, 0.15) is 5.60 Å². The lowest BCUT2D eigenvalue weighted by molar-refractivity contribution is 0.0738. The van der Waals surface area contributed by atoms with Crippen molar-refractivity contribution in [3.63, 3.8) is 0 Å². The molecule has 0 aromatic carbocycles. The molecule has 2 nitrogen and oxygen atoms in total. The minimum absolute atomic E-state index is 0.704. The van der Waals surface area contributed by atoms with Gasteiger partial charge in [0.25, 0.3) is 0 Å². The molecule has 0 saturated carbocycles. The van der Waals surface area contributed by atoms with Crippen molar-refractivity contribution in [2.75, 3.05) is 0 Å². The van der Waals surface area contributed by atoms with E-state index in [1.54, 1.807) is 26.1 Å². The van der Waals surface area contributed by atoms with Gasteiger partial charge in [-0.2, -0.15) is 0 Å². The first kappa shape index (κ1) is 15.6. The van der Waals surface area contributed by atoms with Crippen LogP contribution < -0.4 is 0 Å². The highest BCUT2D eigenvalue weighted by molar-refractivity contribution is 5.09. The molecule has 0 saturated heterocycles. The molecule has 1 heterocycles. The maximum atomic E-state index is 9.43. The first-order chi connectivity index (χ1) is 6.61. The van der Waals surface area contributed by atoms with Gasteiger partial charge in [-0.15, -0.1) is 0 Å². The van der Waals surface area contributed by atoms with Crippen LogP contribution in [-0.2, 0) is 5.60 Å². The Hall–Kier alpha value is -0.890. The second kappa shape index (κ2) is 8.70. The first-order valence-electron chi connectivity index (χ1n) is 5.24. The number of aromatic nitrogens is 1. The molecule has 0 aliphatic carbocycles. The molecule has 0 aliphatic heterocycles. The molecule has 0 atom stereocenters. The third-order valence-electron chi connectivity index (χ3n) is 1.29. The topological polar surface area (TPSA) is 33.1 Å². The van der Waals surface area contributed by atoms with Crippen LogP contribution in [0, 0.1) is 0 Å². The van der Waals surface area contributed by atoms with Crippen molar-refractivity contribution >= 4 is 0 Å². The molecule has 0 fully saturated rings. The number of nitrogens with zero attached hydrogens (tertiary/aromatic N) is 1. The summed E-state index contributed by atoms with van der Waals surface area (Å²) in [6.45, 7) is 11.4. The second-order valence-electron chi connectivity index (χ2n) is 2.77. The van der Waals surface area contributed by atoms with Crippen molar-refractivity contribution in [3.8, 4) is 0 Å². The normalized spacial score (nSPS) is 9.07. The monoisotopic (exact) mass is 197 g/mol. The Bertz CT molecular complexity index is 201. The third-order valence-corrected chi connectivity index (χ3v) is 1.29. The van der Waals surface area contributed by atoms with Crippen molar-refractivity contribution in [2.45, 2.75) is 47.1 Å². The zero-order valence-corrected chi connectivity index (χ0v) is 10.2. The van der Waals surface area contributed by atoms with Gasteiger partial charge in [-0.05, 0) is 26.0 Å². The highest BCUT2D eigenvalue weighted by Crippen LogP contribution is 2.15. The number of pyridine rings is 1. The lowest BCUT2D eigenvalue weighted by Crippen LogP contribution is -2.16. The van der Waals surface area contributed by atoms with E-state index < -0.39 is 5.60 Å². The van der Waals surface area contributed by atoms with Crippen molar-refractivity contribution < 1.29 is 5.11 Å². The minimum atomic E-state index is -0.818. The van der Waals surface area contributed by atoms with Crippen LogP contribution in [0.1, 0.15) is 47.2 Å². The lowest BCUT2D eigenvalue weighted by Gasteiger charge is -2.15. The van der Waals surface area contributed by atoms with Gasteiger partial charge >= 0.3 is 0 Å². The molecular weight excluding hydrogens is 174 g/mol. The first-order valence-corrected chi connectivity index (χ1v) is 5.24. The summed E-state index contributed by atoms with van der Waals surface area (Å²) < 4.78 is 0. The predicted octanol–water partition coefficient (Wildman–Crippen LogP) is 3.36. The van der Waals surface area contributed by atoms with E-state index in [0.717, 1.165) is 0 Å². The van der Waals surface area contributed by atoms with Gasteiger partial charge in [0, 0.05) is 6.20 Å². The standard InChI is InChI=1S/C8H11NO.2C2H6/c1-8(2,10)7-5-3-4-6-9-7;2*1-2/h3-6,10H,1-2H3;2*1-2H3. The Balaban J connectivity index is 0. The SMILES string of the molecule is CC.CC.CC(C)(O)c1ccccn1. The van der Waals surface area contributed by atoms with Crippen LogP contribution in [0.15, 0.2) is 24.4 Å². The van der Waals surface area contributed by atoms with Gasteiger partial charge in [-0.3, -0.25) is 4.98 Å². The molecule has 0 unspecified atom stereocenters.